The molecular weight excluding hydrogens is 212 g/mol. The summed E-state index contributed by atoms with van der Waals surface area (Å²) in [5, 5.41) is 0. The van der Waals surface area contributed by atoms with Gasteiger partial charge in [-0.1, -0.05) is 0 Å². The highest BCUT2D eigenvalue weighted by Crippen LogP contribution is 2.44. The number of piperidine rings is 3. The van der Waals surface area contributed by atoms with Gasteiger partial charge in [0.2, 0.25) is 0 Å². The SMILES string of the molecule is NC1=NCC2(CN3CCC2CC3)N1CC1CC1. The van der Waals surface area contributed by atoms with E-state index in [1.54, 1.807) is 0 Å². The van der Waals surface area contributed by atoms with E-state index < -0.39 is 0 Å². The maximum Gasteiger partial charge on any atom is 0.191 e. The van der Waals surface area contributed by atoms with Crippen LogP contribution in [0.15, 0.2) is 4.99 Å². The van der Waals surface area contributed by atoms with Crippen molar-refractivity contribution in [3.05, 3.63) is 0 Å². The van der Waals surface area contributed by atoms with Gasteiger partial charge in [0, 0.05) is 13.1 Å². The van der Waals surface area contributed by atoms with Gasteiger partial charge in [0.05, 0.1) is 12.1 Å². The molecule has 2 bridgehead atoms. The Hall–Kier alpha value is -0.770. The first-order valence-electron chi connectivity index (χ1n) is 7.08. The standard InChI is InChI=1S/C13H22N4/c14-12-15-8-13(17(12)7-10-1-2-10)9-16-5-3-11(13)4-6-16/h10-11H,1-9H2,(H2,14,15). The van der Waals surface area contributed by atoms with E-state index in [0.717, 1.165) is 24.3 Å². The maximum absolute atomic E-state index is 6.15. The number of nitrogens with zero attached hydrogens (tertiary/aromatic N) is 3. The van der Waals surface area contributed by atoms with Crippen LogP contribution in [-0.4, -0.2) is 54.0 Å². The summed E-state index contributed by atoms with van der Waals surface area (Å²) >= 11 is 0. The molecule has 1 spiro atoms. The van der Waals surface area contributed by atoms with E-state index in [4.69, 9.17) is 5.73 Å². The fraction of sp³-hybridized carbons (Fsp3) is 0.923. The van der Waals surface area contributed by atoms with Gasteiger partial charge in [-0.3, -0.25) is 4.99 Å². The minimum absolute atomic E-state index is 0.281. The van der Waals surface area contributed by atoms with Crippen molar-refractivity contribution in [1.82, 2.24) is 9.80 Å². The number of rotatable bonds is 2. The second kappa shape index (κ2) is 3.37. The average molecular weight is 234 g/mol. The molecule has 94 valence electrons. The smallest absolute Gasteiger partial charge is 0.191 e. The summed E-state index contributed by atoms with van der Waals surface area (Å²) in [4.78, 5) is 9.69. The van der Waals surface area contributed by atoms with Crippen molar-refractivity contribution in [3.8, 4) is 0 Å². The molecule has 17 heavy (non-hydrogen) atoms. The van der Waals surface area contributed by atoms with Gasteiger partial charge in [0.25, 0.3) is 0 Å². The zero-order valence-corrected chi connectivity index (χ0v) is 10.4. The largest absolute Gasteiger partial charge is 0.370 e. The van der Waals surface area contributed by atoms with Crippen molar-refractivity contribution in [2.24, 2.45) is 22.6 Å². The highest BCUT2D eigenvalue weighted by Gasteiger charge is 2.54. The Morgan fingerprint density at radius 2 is 2.00 bits per heavy atom. The molecule has 4 heterocycles. The fourth-order valence-electron chi connectivity index (χ4n) is 4.08. The summed E-state index contributed by atoms with van der Waals surface area (Å²) in [6, 6.07) is 0. The first-order chi connectivity index (χ1) is 8.28. The first kappa shape index (κ1) is 10.2. The van der Waals surface area contributed by atoms with E-state index in [2.05, 4.69) is 14.8 Å². The molecule has 4 nitrogen and oxygen atoms in total. The van der Waals surface area contributed by atoms with Gasteiger partial charge in [0.15, 0.2) is 5.96 Å². The Morgan fingerprint density at radius 1 is 1.24 bits per heavy atom. The van der Waals surface area contributed by atoms with Crippen molar-refractivity contribution in [2.75, 3.05) is 32.7 Å². The molecule has 0 aromatic rings. The molecule has 4 heteroatoms. The number of nitrogens with two attached hydrogens (primary N) is 1. The number of hydrogen-bond acceptors (Lipinski definition) is 4. The van der Waals surface area contributed by atoms with Crippen LogP contribution in [0, 0.1) is 11.8 Å². The Kier molecular flexibility index (Phi) is 2.02. The topological polar surface area (TPSA) is 44.9 Å². The van der Waals surface area contributed by atoms with Crippen molar-refractivity contribution < 1.29 is 0 Å². The molecule has 0 aromatic carbocycles. The third-order valence-corrected chi connectivity index (χ3v) is 5.31. The van der Waals surface area contributed by atoms with E-state index in [1.807, 2.05) is 0 Å². The maximum atomic E-state index is 6.15. The van der Waals surface area contributed by atoms with Crippen LogP contribution in [0.25, 0.3) is 0 Å². The van der Waals surface area contributed by atoms with Gasteiger partial charge in [-0.25, -0.2) is 0 Å². The molecule has 1 aliphatic carbocycles. The Labute approximate surface area is 103 Å². The monoisotopic (exact) mass is 234 g/mol. The van der Waals surface area contributed by atoms with Gasteiger partial charge in [0.1, 0.15) is 0 Å². The number of aliphatic imine (C=N–C) groups is 1. The normalized spacial score (nSPS) is 44.5. The molecule has 1 saturated carbocycles. The third-order valence-electron chi connectivity index (χ3n) is 5.31. The van der Waals surface area contributed by atoms with Crippen LogP contribution in [0.3, 0.4) is 0 Å². The molecule has 0 aromatic heterocycles. The summed E-state index contributed by atoms with van der Waals surface area (Å²) in [6.07, 6.45) is 5.50. The van der Waals surface area contributed by atoms with Gasteiger partial charge in [-0.2, -0.15) is 0 Å². The predicted molar refractivity (Wildman–Crippen MR) is 67.8 cm³/mol. The third kappa shape index (κ3) is 1.43. The van der Waals surface area contributed by atoms with Crippen LogP contribution < -0.4 is 5.73 Å². The number of fused-ring (bicyclic) bond motifs is 2. The average Bonchev–Trinajstić information content (AvgIpc) is 3.13. The molecule has 1 unspecified atom stereocenters. The van der Waals surface area contributed by atoms with E-state index in [-0.39, 0.29) is 5.54 Å². The summed E-state index contributed by atoms with van der Waals surface area (Å²) in [5.41, 5.74) is 6.43. The molecule has 3 saturated heterocycles. The molecule has 5 aliphatic rings. The zero-order chi connectivity index (χ0) is 11.5. The lowest BCUT2D eigenvalue weighted by molar-refractivity contribution is -0.0300. The van der Waals surface area contributed by atoms with E-state index in [9.17, 15) is 0 Å². The molecule has 4 aliphatic heterocycles. The first-order valence-corrected chi connectivity index (χ1v) is 7.08. The number of guanidine groups is 1. The highest BCUT2D eigenvalue weighted by molar-refractivity contribution is 5.81. The highest BCUT2D eigenvalue weighted by atomic mass is 15.4. The second-order valence-corrected chi connectivity index (χ2v) is 6.38. The molecule has 5 rings (SSSR count). The van der Waals surface area contributed by atoms with E-state index in [0.29, 0.717) is 0 Å². The lowest BCUT2D eigenvalue weighted by Gasteiger charge is -2.55. The summed E-state index contributed by atoms with van der Waals surface area (Å²) in [7, 11) is 0. The Bertz CT molecular complexity index is 354. The minimum Gasteiger partial charge on any atom is -0.370 e. The predicted octanol–water partition coefficient (Wildman–Crippen LogP) is 0.491. The summed E-state index contributed by atoms with van der Waals surface area (Å²) in [5.74, 6) is 2.55. The van der Waals surface area contributed by atoms with Gasteiger partial charge in [-0.05, 0) is 50.6 Å². The second-order valence-electron chi connectivity index (χ2n) is 6.38. The fourth-order valence-corrected chi connectivity index (χ4v) is 4.08. The van der Waals surface area contributed by atoms with Crippen LogP contribution in [0.5, 0.6) is 0 Å². The summed E-state index contributed by atoms with van der Waals surface area (Å²) < 4.78 is 0. The van der Waals surface area contributed by atoms with Gasteiger partial charge < -0.3 is 15.5 Å². The van der Waals surface area contributed by atoms with E-state index >= 15 is 0 Å². The van der Waals surface area contributed by atoms with Crippen molar-refractivity contribution in [2.45, 2.75) is 31.2 Å². The van der Waals surface area contributed by atoms with E-state index in [1.165, 1.54) is 51.9 Å². The lowest BCUT2D eigenvalue weighted by Crippen LogP contribution is -2.68. The van der Waals surface area contributed by atoms with Crippen LogP contribution in [0.2, 0.25) is 0 Å². The minimum atomic E-state index is 0.281. The Balaban J connectivity index is 1.62. The zero-order valence-electron chi connectivity index (χ0n) is 10.4. The van der Waals surface area contributed by atoms with Crippen molar-refractivity contribution in [1.29, 1.82) is 0 Å². The molecule has 4 fully saturated rings. The van der Waals surface area contributed by atoms with Crippen molar-refractivity contribution in [3.63, 3.8) is 0 Å². The molecular formula is C13H22N4. The quantitative estimate of drug-likeness (QED) is 0.756. The van der Waals surface area contributed by atoms with Crippen LogP contribution in [-0.2, 0) is 0 Å². The van der Waals surface area contributed by atoms with Crippen LogP contribution in [0.1, 0.15) is 25.7 Å². The van der Waals surface area contributed by atoms with Crippen LogP contribution in [0.4, 0.5) is 0 Å². The Morgan fingerprint density at radius 3 is 2.59 bits per heavy atom. The van der Waals surface area contributed by atoms with Crippen LogP contribution >= 0.6 is 0 Å². The lowest BCUT2D eigenvalue weighted by atomic mass is 9.72. The molecule has 0 amide bonds. The molecule has 0 radical (unpaired) electrons. The summed E-state index contributed by atoms with van der Waals surface area (Å²) in [6.45, 7) is 5.91. The molecule has 1 atom stereocenters. The van der Waals surface area contributed by atoms with Crippen molar-refractivity contribution >= 4 is 5.96 Å². The number of hydrogen-bond donors (Lipinski definition) is 1. The van der Waals surface area contributed by atoms with Gasteiger partial charge in [-0.15, -0.1) is 0 Å². The molecule has 2 N–H and O–H groups in total. The van der Waals surface area contributed by atoms with Gasteiger partial charge >= 0.3 is 0 Å².